The second-order valence-corrected chi connectivity index (χ2v) is 4.57. The molecule has 0 atom stereocenters. The maximum Gasteiger partial charge on any atom is 0.255 e. The lowest BCUT2D eigenvalue weighted by Crippen LogP contribution is -2.11. The lowest BCUT2D eigenvalue weighted by Gasteiger charge is -2.05. The van der Waals surface area contributed by atoms with Gasteiger partial charge in [0, 0.05) is 15.7 Å². The van der Waals surface area contributed by atoms with Crippen LogP contribution in [0.15, 0.2) is 53.0 Å². The van der Waals surface area contributed by atoms with Crippen LogP contribution >= 0.6 is 15.9 Å². The molecular formula is C14H9BrN2O. The van der Waals surface area contributed by atoms with Gasteiger partial charge in [-0.05, 0) is 42.5 Å². The first-order valence-corrected chi connectivity index (χ1v) is 6.05. The molecule has 1 N–H and O–H groups in total. The number of hydrogen-bond acceptors (Lipinski definition) is 2. The Morgan fingerprint density at radius 1 is 1.17 bits per heavy atom. The van der Waals surface area contributed by atoms with E-state index in [1.165, 1.54) is 0 Å². The van der Waals surface area contributed by atoms with Crippen LogP contribution < -0.4 is 5.32 Å². The standard InChI is InChI=1S/C14H9BrN2O/c15-12-6-4-11(5-7-12)14(18)17-13-3-1-2-10(8-13)9-16/h1-8H,(H,17,18). The molecule has 3 nitrogen and oxygen atoms in total. The lowest BCUT2D eigenvalue weighted by atomic mass is 10.2. The number of carbonyl (C=O) groups is 1. The smallest absolute Gasteiger partial charge is 0.255 e. The maximum absolute atomic E-state index is 11.9. The predicted molar refractivity (Wildman–Crippen MR) is 73.3 cm³/mol. The molecule has 18 heavy (non-hydrogen) atoms. The molecule has 2 aromatic rings. The fraction of sp³-hybridized carbons (Fsp3) is 0. The summed E-state index contributed by atoms with van der Waals surface area (Å²) in [6.07, 6.45) is 0. The van der Waals surface area contributed by atoms with Crippen LogP contribution in [0, 0.1) is 11.3 Å². The third-order valence-corrected chi connectivity index (χ3v) is 2.88. The van der Waals surface area contributed by atoms with Crippen LogP contribution in [0.1, 0.15) is 15.9 Å². The van der Waals surface area contributed by atoms with Crippen LogP contribution in [0.25, 0.3) is 0 Å². The number of amides is 1. The Morgan fingerprint density at radius 3 is 2.56 bits per heavy atom. The molecule has 0 aromatic heterocycles. The zero-order valence-electron chi connectivity index (χ0n) is 9.35. The van der Waals surface area contributed by atoms with E-state index in [1.54, 1.807) is 48.5 Å². The van der Waals surface area contributed by atoms with Crippen molar-refractivity contribution in [3.8, 4) is 6.07 Å². The van der Waals surface area contributed by atoms with Gasteiger partial charge in [-0.1, -0.05) is 22.0 Å². The van der Waals surface area contributed by atoms with Gasteiger partial charge in [0.05, 0.1) is 11.6 Å². The highest BCUT2D eigenvalue weighted by Crippen LogP contribution is 2.14. The number of benzene rings is 2. The molecule has 0 heterocycles. The predicted octanol–water partition coefficient (Wildman–Crippen LogP) is 3.57. The van der Waals surface area contributed by atoms with E-state index in [2.05, 4.69) is 21.2 Å². The fourth-order valence-corrected chi connectivity index (χ4v) is 1.74. The summed E-state index contributed by atoms with van der Waals surface area (Å²) in [5, 5.41) is 11.5. The summed E-state index contributed by atoms with van der Waals surface area (Å²) in [5.74, 6) is -0.197. The van der Waals surface area contributed by atoms with Gasteiger partial charge in [0.15, 0.2) is 0 Å². The second kappa shape index (κ2) is 5.48. The third kappa shape index (κ3) is 2.96. The van der Waals surface area contributed by atoms with Crippen molar-refractivity contribution in [2.45, 2.75) is 0 Å². The monoisotopic (exact) mass is 300 g/mol. The molecule has 1 amide bonds. The lowest BCUT2D eigenvalue weighted by molar-refractivity contribution is 0.102. The van der Waals surface area contributed by atoms with Crippen LogP contribution in [0.4, 0.5) is 5.69 Å². The van der Waals surface area contributed by atoms with Gasteiger partial charge in [0.25, 0.3) is 5.91 Å². The van der Waals surface area contributed by atoms with E-state index in [4.69, 9.17) is 5.26 Å². The quantitative estimate of drug-likeness (QED) is 0.922. The summed E-state index contributed by atoms with van der Waals surface area (Å²) < 4.78 is 0.922. The second-order valence-electron chi connectivity index (χ2n) is 3.65. The number of nitrogens with zero attached hydrogens (tertiary/aromatic N) is 1. The van der Waals surface area contributed by atoms with E-state index in [-0.39, 0.29) is 5.91 Å². The Kier molecular flexibility index (Phi) is 3.75. The summed E-state index contributed by atoms with van der Waals surface area (Å²) in [6.45, 7) is 0. The zero-order chi connectivity index (χ0) is 13.0. The molecule has 0 saturated carbocycles. The molecule has 0 unspecified atom stereocenters. The number of nitrogens with one attached hydrogen (secondary N) is 1. The van der Waals surface area contributed by atoms with Crippen molar-refractivity contribution in [1.82, 2.24) is 0 Å². The number of nitriles is 1. The van der Waals surface area contributed by atoms with Gasteiger partial charge in [0.2, 0.25) is 0 Å². The average Bonchev–Trinajstić information content (AvgIpc) is 2.39. The van der Waals surface area contributed by atoms with Crippen molar-refractivity contribution in [3.05, 3.63) is 64.1 Å². The fourth-order valence-electron chi connectivity index (χ4n) is 1.47. The van der Waals surface area contributed by atoms with Gasteiger partial charge in [-0.25, -0.2) is 0 Å². The summed E-state index contributed by atoms with van der Waals surface area (Å²) in [6, 6.07) is 15.9. The van der Waals surface area contributed by atoms with Crippen molar-refractivity contribution in [3.63, 3.8) is 0 Å². The van der Waals surface area contributed by atoms with Crippen molar-refractivity contribution in [2.75, 3.05) is 5.32 Å². The Hall–Kier alpha value is -2.12. The normalized spacial score (nSPS) is 9.56. The van der Waals surface area contributed by atoms with Gasteiger partial charge in [0.1, 0.15) is 0 Å². The van der Waals surface area contributed by atoms with Crippen LogP contribution in [0.2, 0.25) is 0 Å². The van der Waals surface area contributed by atoms with Crippen LogP contribution in [0.3, 0.4) is 0 Å². The highest BCUT2D eigenvalue weighted by atomic mass is 79.9. The molecule has 0 bridgehead atoms. The molecule has 0 fully saturated rings. The molecule has 0 spiro atoms. The summed E-state index contributed by atoms with van der Waals surface area (Å²) in [4.78, 5) is 11.9. The molecule has 0 aliphatic rings. The molecule has 2 aromatic carbocycles. The van der Waals surface area contributed by atoms with E-state index in [1.807, 2.05) is 6.07 Å². The van der Waals surface area contributed by atoms with Gasteiger partial charge >= 0.3 is 0 Å². The van der Waals surface area contributed by atoms with E-state index >= 15 is 0 Å². The van der Waals surface area contributed by atoms with E-state index < -0.39 is 0 Å². The van der Waals surface area contributed by atoms with Crippen LogP contribution in [-0.4, -0.2) is 5.91 Å². The zero-order valence-corrected chi connectivity index (χ0v) is 10.9. The van der Waals surface area contributed by atoms with Gasteiger partial charge in [-0.3, -0.25) is 4.79 Å². The SMILES string of the molecule is N#Cc1cccc(NC(=O)c2ccc(Br)cc2)c1. The van der Waals surface area contributed by atoms with Crippen LogP contribution in [0.5, 0.6) is 0 Å². The summed E-state index contributed by atoms with van der Waals surface area (Å²) in [7, 11) is 0. The Balaban J connectivity index is 2.16. The molecule has 4 heteroatoms. The Morgan fingerprint density at radius 2 is 1.89 bits per heavy atom. The number of carbonyl (C=O) groups excluding carboxylic acids is 1. The first-order valence-electron chi connectivity index (χ1n) is 5.26. The van der Waals surface area contributed by atoms with Gasteiger partial charge in [-0.2, -0.15) is 5.26 Å². The van der Waals surface area contributed by atoms with Crippen LogP contribution in [-0.2, 0) is 0 Å². The Bertz CT molecular complexity index is 614. The molecular weight excluding hydrogens is 292 g/mol. The molecule has 0 aliphatic heterocycles. The molecule has 2 rings (SSSR count). The number of anilines is 1. The molecule has 0 aliphatic carbocycles. The molecule has 88 valence electrons. The number of hydrogen-bond donors (Lipinski definition) is 1. The minimum absolute atomic E-state index is 0.197. The highest BCUT2D eigenvalue weighted by Gasteiger charge is 2.05. The topological polar surface area (TPSA) is 52.9 Å². The molecule has 0 radical (unpaired) electrons. The largest absolute Gasteiger partial charge is 0.322 e. The number of rotatable bonds is 2. The maximum atomic E-state index is 11.9. The minimum atomic E-state index is -0.197. The highest BCUT2D eigenvalue weighted by molar-refractivity contribution is 9.10. The van der Waals surface area contributed by atoms with Crippen molar-refractivity contribution >= 4 is 27.5 Å². The molecule has 0 saturated heterocycles. The number of halogens is 1. The Labute approximate surface area is 113 Å². The first kappa shape index (κ1) is 12.3. The van der Waals surface area contributed by atoms with E-state index in [9.17, 15) is 4.79 Å². The average molecular weight is 301 g/mol. The summed E-state index contributed by atoms with van der Waals surface area (Å²) in [5.41, 5.74) is 1.70. The summed E-state index contributed by atoms with van der Waals surface area (Å²) >= 11 is 3.31. The third-order valence-electron chi connectivity index (χ3n) is 2.36. The van der Waals surface area contributed by atoms with Crippen molar-refractivity contribution < 1.29 is 4.79 Å². The van der Waals surface area contributed by atoms with Crippen molar-refractivity contribution in [2.24, 2.45) is 0 Å². The van der Waals surface area contributed by atoms with Crippen molar-refractivity contribution in [1.29, 1.82) is 5.26 Å². The van der Waals surface area contributed by atoms with Gasteiger partial charge < -0.3 is 5.32 Å². The minimum Gasteiger partial charge on any atom is -0.322 e. The van der Waals surface area contributed by atoms with E-state index in [0.29, 0.717) is 16.8 Å². The first-order chi connectivity index (χ1) is 8.69. The van der Waals surface area contributed by atoms with E-state index in [0.717, 1.165) is 4.47 Å². The van der Waals surface area contributed by atoms with Gasteiger partial charge in [-0.15, -0.1) is 0 Å².